The number of aromatic nitrogens is 4. The molecule has 0 aliphatic carbocycles. The van der Waals surface area contributed by atoms with E-state index in [-0.39, 0.29) is 16.0 Å². The van der Waals surface area contributed by atoms with E-state index in [4.69, 9.17) is 11.6 Å². The summed E-state index contributed by atoms with van der Waals surface area (Å²) in [6, 6.07) is 8.30. The third-order valence-corrected chi connectivity index (χ3v) is 5.64. The first kappa shape index (κ1) is 19.3. The Morgan fingerprint density at radius 2 is 1.81 bits per heavy atom. The second-order valence-electron chi connectivity index (χ2n) is 7.20. The number of rotatable bonds is 4. The zero-order valence-corrected chi connectivity index (χ0v) is 17.0. The van der Waals surface area contributed by atoms with Crippen molar-refractivity contribution in [2.75, 3.05) is 4.72 Å². The van der Waals surface area contributed by atoms with Crippen molar-refractivity contribution in [3.63, 3.8) is 0 Å². The molecule has 0 aliphatic heterocycles. The van der Waals surface area contributed by atoms with E-state index in [9.17, 15) is 8.42 Å². The highest BCUT2D eigenvalue weighted by atomic mass is 35.5. The molecule has 27 heavy (non-hydrogen) atoms. The minimum Gasteiger partial charge on any atom is -0.315 e. The van der Waals surface area contributed by atoms with Crippen molar-refractivity contribution in [2.45, 2.75) is 31.1 Å². The predicted molar refractivity (Wildman–Crippen MR) is 105 cm³/mol. The largest absolute Gasteiger partial charge is 0.315 e. The summed E-state index contributed by atoms with van der Waals surface area (Å²) in [4.78, 5) is 4.38. The summed E-state index contributed by atoms with van der Waals surface area (Å²) in [5.41, 5.74) is 1.56. The van der Waals surface area contributed by atoms with Crippen molar-refractivity contribution in [3.05, 3.63) is 53.4 Å². The molecule has 1 aromatic carbocycles. The monoisotopic (exact) mass is 405 g/mol. The molecule has 3 aromatic rings. The number of sulfonamides is 1. The lowest BCUT2D eigenvalue weighted by Crippen LogP contribution is -2.16. The summed E-state index contributed by atoms with van der Waals surface area (Å²) in [5, 5.41) is 8.11. The maximum Gasteiger partial charge on any atom is 0.261 e. The third-order valence-electron chi connectivity index (χ3n) is 4.05. The van der Waals surface area contributed by atoms with Gasteiger partial charge in [0.25, 0.3) is 10.0 Å². The van der Waals surface area contributed by atoms with E-state index < -0.39 is 10.0 Å². The molecule has 0 unspecified atom stereocenters. The van der Waals surface area contributed by atoms with Gasteiger partial charge in [0.05, 0.1) is 15.6 Å². The number of nitrogens with zero attached hydrogens (tertiary/aromatic N) is 4. The fraction of sp³-hybridized carbons (Fsp3) is 0.278. The van der Waals surface area contributed by atoms with E-state index in [1.54, 1.807) is 23.7 Å². The van der Waals surface area contributed by atoms with Crippen LogP contribution in [0.25, 0.3) is 11.5 Å². The van der Waals surface area contributed by atoms with Gasteiger partial charge in [0.2, 0.25) is 0 Å². The van der Waals surface area contributed by atoms with Gasteiger partial charge in [0, 0.05) is 13.2 Å². The molecule has 0 amide bonds. The molecule has 0 saturated heterocycles. The number of hydrogen-bond donors (Lipinski definition) is 1. The Hall–Kier alpha value is -2.45. The van der Waals surface area contributed by atoms with Gasteiger partial charge in [-0.05, 0) is 29.2 Å². The average Bonchev–Trinajstić information content (AvgIpc) is 3.00. The highest BCUT2D eigenvalue weighted by Gasteiger charge is 2.21. The molecule has 0 fully saturated rings. The van der Waals surface area contributed by atoms with Gasteiger partial charge in [-0.25, -0.2) is 13.4 Å². The standard InChI is InChI=1S/C18H20ClN5O2S/c1-18(2,3)12-5-7-14(8-6-12)27(25,26)23-15-9-13(19)10-20-16(15)17-22-21-11-24(17)4/h5-11,23H,1-4H3. The van der Waals surface area contributed by atoms with Crippen LogP contribution in [0.1, 0.15) is 26.3 Å². The van der Waals surface area contributed by atoms with Crippen molar-refractivity contribution in [1.29, 1.82) is 0 Å². The maximum atomic E-state index is 12.9. The van der Waals surface area contributed by atoms with Gasteiger partial charge < -0.3 is 4.57 Å². The number of pyridine rings is 1. The predicted octanol–water partition coefficient (Wildman–Crippen LogP) is 3.63. The second-order valence-corrected chi connectivity index (χ2v) is 9.31. The normalized spacial score (nSPS) is 12.2. The van der Waals surface area contributed by atoms with Crippen LogP contribution in [-0.2, 0) is 22.5 Å². The first-order valence-corrected chi connectivity index (χ1v) is 10.1. The summed E-state index contributed by atoms with van der Waals surface area (Å²) < 4.78 is 29.9. The molecule has 9 heteroatoms. The molecule has 142 valence electrons. The number of benzene rings is 1. The molecule has 0 aliphatic rings. The number of aryl methyl sites for hydroxylation is 1. The van der Waals surface area contributed by atoms with E-state index in [0.717, 1.165) is 5.56 Å². The summed E-state index contributed by atoms with van der Waals surface area (Å²) >= 11 is 6.02. The Labute approximate surface area is 163 Å². The Bertz CT molecular complexity index is 1070. The van der Waals surface area contributed by atoms with Crippen LogP contribution in [0.5, 0.6) is 0 Å². The van der Waals surface area contributed by atoms with Crippen LogP contribution in [0, 0.1) is 0 Å². The highest BCUT2D eigenvalue weighted by molar-refractivity contribution is 7.92. The topological polar surface area (TPSA) is 89.8 Å². The molecule has 0 radical (unpaired) electrons. The zero-order valence-electron chi connectivity index (χ0n) is 15.4. The summed E-state index contributed by atoms with van der Waals surface area (Å²) in [7, 11) is -2.08. The van der Waals surface area contributed by atoms with Crippen LogP contribution >= 0.6 is 11.6 Å². The third kappa shape index (κ3) is 4.12. The highest BCUT2D eigenvalue weighted by Crippen LogP contribution is 2.29. The van der Waals surface area contributed by atoms with E-state index in [1.807, 2.05) is 12.1 Å². The number of halogens is 1. The number of nitrogens with one attached hydrogen (secondary N) is 1. The number of hydrogen-bond acceptors (Lipinski definition) is 5. The maximum absolute atomic E-state index is 12.9. The summed E-state index contributed by atoms with van der Waals surface area (Å²) in [6.45, 7) is 6.21. The molecule has 2 aromatic heterocycles. The van der Waals surface area contributed by atoms with Crippen LogP contribution in [0.15, 0.2) is 47.8 Å². The second kappa shape index (κ2) is 6.94. The van der Waals surface area contributed by atoms with Crippen molar-refractivity contribution in [2.24, 2.45) is 7.05 Å². The number of anilines is 1. The molecule has 3 rings (SSSR count). The van der Waals surface area contributed by atoms with Crippen LogP contribution in [0.3, 0.4) is 0 Å². The molecule has 7 nitrogen and oxygen atoms in total. The van der Waals surface area contributed by atoms with Crippen molar-refractivity contribution in [3.8, 4) is 11.5 Å². The molecule has 0 atom stereocenters. The lowest BCUT2D eigenvalue weighted by molar-refractivity contribution is 0.587. The van der Waals surface area contributed by atoms with Crippen LogP contribution in [-0.4, -0.2) is 28.2 Å². The minimum absolute atomic E-state index is 0.0645. The Morgan fingerprint density at radius 3 is 2.37 bits per heavy atom. The molecule has 1 N–H and O–H groups in total. The lowest BCUT2D eigenvalue weighted by atomic mass is 9.87. The average molecular weight is 406 g/mol. The molecular formula is C18H20ClN5O2S. The fourth-order valence-corrected chi connectivity index (χ4v) is 3.75. The van der Waals surface area contributed by atoms with Gasteiger partial charge in [0.1, 0.15) is 12.0 Å². The van der Waals surface area contributed by atoms with E-state index >= 15 is 0 Å². The van der Waals surface area contributed by atoms with Gasteiger partial charge in [-0.3, -0.25) is 4.72 Å². The summed E-state index contributed by atoms with van der Waals surface area (Å²) in [6.07, 6.45) is 2.94. The van der Waals surface area contributed by atoms with Gasteiger partial charge >= 0.3 is 0 Å². The van der Waals surface area contributed by atoms with Gasteiger partial charge in [0.15, 0.2) is 5.82 Å². The zero-order chi connectivity index (χ0) is 19.8. The van der Waals surface area contributed by atoms with Crippen molar-refractivity contribution < 1.29 is 8.42 Å². The molecular weight excluding hydrogens is 386 g/mol. The van der Waals surface area contributed by atoms with Crippen LogP contribution < -0.4 is 4.72 Å². The minimum atomic E-state index is -3.82. The van der Waals surface area contributed by atoms with Gasteiger partial charge in [-0.2, -0.15) is 0 Å². The van der Waals surface area contributed by atoms with Crippen LogP contribution in [0.2, 0.25) is 5.02 Å². The molecule has 0 saturated carbocycles. The Balaban J connectivity index is 1.99. The lowest BCUT2D eigenvalue weighted by Gasteiger charge is -2.19. The first-order valence-electron chi connectivity index (χ1n) is 8.21. The SMILES string of the molecule is Cn1cnnc1-c1ncc(Cl)cc1NS(=O)(=O)c1ccc(C(C)(C)C)cc1. The van der Waals surface area contributed by atoms with Gasteiger partial charge in [-0.1, -0.05) is 44.5 Å². The fourth-order valence-electron chi connectivity index (χ4n) is 2.53. The summed E-state index contributed by atoms with van der Waals surface area (Å²) in [5.74, 6) is 0.424. The van der Waals surface area contributed by atoms with Gasteiger partial charge in [-0.15, -0.1) is 10.2 Å². The van der Waals surface area contributed by atoms with Crippen molar-refractivity contribution >= 4 is 27.3 Å². The molecule has 2 heterocycles. The van der Waals surface area contributed by atoms with E-state index in [1.165, 1.54) is 18.6 Å². The van der Waals surface area contributed by atoms with Crippen molar-refractivity contribution in [1.82, 2.24) is 19.7 Å². The first-order chi connectivity index (χ1) is 12.6. The van der Waals surface area contributed by atoms with Crippen LogP contribution in [0.4, 0.5) is 5.69 Å². The molecule has 0 spiro atoms. The van der Waals surface area contributed by atoms with E-state index in [2.05, 4.69) is 40.7 Å². The Morgan fingerprint density at radius 1 is 1.15 bits per heavy atom. The molecule has 0 bridgehead atoms. The smallest absolute Gasteiger partial charge is 0.261 e. The van der Waals surface area contributed by atoms with E-state index in [0.29, 0.717) is 16.5 Å². The Kier molecular flexibility index (Phi) is 4.96. The quantitative estimate of drug-likeness (QED) is 0.715.